The molecular formula is C21H17Cl3O3. The zero-order chi connectivity index (χ0) is 19.2. The second-order valence-electron chi connectivity index (χ2n) is 5.74. The molecule has 3 aromatic carbocycles. The topological polar surface area (TPSA) is 27.7 Å². The van der Waals surface area contributed by atoms with Gasteiger partial charge in [0, 0.05) is 26.2 Å². The van der Waals surface area contributed by atoms with Crippen molar-refractivity contribution in [1.82, 2.24) is 0 Å². The number of rotatable bonds is 7. The second-order valence-corrected chi connectivity index (χ2v) is 7.05. The van der Waals surface area contributed by atoms with Crippen LogP contribution in [0.25, 0.3) is 0 Å². The largest absolute Gasteiger partial charge is 0.496 e. The van der Waals surface area contributed by atoms with E-state index in [9.17, 15) is 0 Å². The molecule has 0 fully saturated rings. The van der Waals surface area contributed by atoms with Crippen LogP contribution in [-0.2, 0) is 13.2 Å². The minimum absolute atomic E-state index is 0.305. The summed E-state index contributed by atoms with van der Waals surface area (Å²) in [5.74, 6) is 2.10. The fourth-order valence-electron chi connectivity index (χ4n) is 2.51. The van der Waals surface area contributed by atoms with E-state index in [4.69, 9.17) is 49.0 Å². The van der Waals surface area contributed by atoms with Crippen molar-refractivity contribution in [1.29, 1.82) is 0 Å². The predicted molar refractivity (Wildman–Crippen MR) is 110 cm³/mol. The van der Waals surface area contributed by atoms with E-state index in [2.05, 4.69) is 0 Å². The standard InChI is InChI=1S/C21H17Cl3O3/c1-25-20-8-4-17(23)10-14(20)13-27-21-9-5-18(24)11-15(21)12-26-19-6-2-16(22)3-7-19/h2-11H,12-13H2,1H3. The highest BCUT2D eigenvalue weighted by atomic mass is 35.5. The van der Waals surface area contributed by atoms with Gasteiger partial charge in [-0.2, -0.15) is 0 Å². The molecule has 0 heterocycles. The summed E-state index contributed by atoms with van der Waals surface area (Å²) in [6.45, 7) is 0.615. The fraction of sp³-hybridized carbons (Fsp3) is 0.143. The van der Waals surface area contributed by atoms with E-state index in [1.54, 1.807) is 31.4 Å². The van der Waals surface area contributed by atoms with Gasteiger partial charge in [0.05, 0.1) is 7.11 Å². The van der Waals surface area contributed by atoms with Crippen molar-refractivity contribution in [3.05, 3.63) is 86.9 Å². The van der Waals surface area contributed by atoms with Crippen LogP contribution >= 0.6 is 34.8 Å². The van der Waals surface area contributed by atoms with Gasteiger partial charge in [-0.05, 0) is 60.7 Å². The Hall–Kier alpha value is -2.07. The summed E-state index contributed by atoms with van der Waals surface area (Å²) in [6.07, 6.45) is 0. The Morgan fingerprint density at radius 1 is 0.630 bits per heavy atom. The zero-order valence-corrected chi connectivity index (χ0v) is 16.8. The normalized spacial score (nSPS) is 10.5. The molecule has 0 saturated carbocycles. The highest BCUT2D eigenvalue weighted by Crippen LogP contribution is 2.28. The van der Waals surface area contributed by atoms with Crippen LogP contribution in [0, 0.1) is 0 Å². The number of ether oxygens (including phenoxy) is 3. The van der Waals surface area contributed by atoms with E-state index in [0.717, 1.165) is 11.1 Å². The molecule has 0 aromatic heterocycles. The molecule has 0 aliphatic carbocycles. The summed E-state index contributed by atoms with van der Waals surface area (Å²) >= 11 is 18.1. The van der Waals surface area contributed by atoms with Gasteiger partial charge in [-0.3, -0.25) is 0 Å². The Morgan fingerprint density at radius 2 is 1.15 bits per heavy atom. The molecule has 0 radical (unpaired) electrons. The Balaban J connectivity index is 1.74. The zero-order valence-electron chi connectivity index (χ0n) is 14.5. The van der Waals surface area contributed by atoms with Gasteiger partial charge in [0.15, 0.2) is 0 Å². The molecule has 27 heavy (non-hydrogen) atoms. The van der Waals surface area contributed by atoms with Crippen LogP contribution in [0.3, 0.4) is 0 Å². The first-order chi connectivity index (χ1) is 13.0. The van der Waals surface area contributed by atoms with Gasteiger partial charge in [0.2, 0.25) is 0 Å². The van der Waals surface area contributed by atoms with Crippen molar-refractivity contribution in [2.45, 2.75) is 13.2 Å². The van der Waals surface area contributed by atoms with Gasteiger partial charge in [-0.15, -0.1) is 0 Å². The SMILES string of the molecule is COc1ccc(Cl)cc1COc1ccc(Cl)cc1COc1ccc(Cl)cc1. The molecule has 0 aliphatic rings. The minimum Gasteiger partial charge on any atom is -0.496 e. The quantitative estimate of drug-likeness (QED) is 0.417. The lowest BCUT2D eigenvalue weighted by Gasteiger charge is -2.15. The van der Waals surface area contributed by atoms with E-state index in [0.29, 0.717) is 45.5 Å². The van der Waals surface area contributed by atoms with E-state index < -0.39 is 0 Å². The van der Waals surface area contributed by atoms with Crippen LogP contribution in [0.4, 0.5) is 0 Å². The van der Waals surface area contributed by atoms with Crippen molar-refractivity contribution in [2.75, 3.05) is 7.11 Å². The lowest BCUT2D eigenvalue weighted by molar-refractivity contribution is 0.270. The van der Waals surface area contributed by atoms with E-state index >= 15 is 0 Å². The molecule has 6 heteroatoms. The lowest BCUT2D eigenvalue weighted by atomic mass is 10.2. The summed E-state index contributed by atoms with van der Waals surface area (Å²) in [5, 5.41) is 1.89. The summed E-state index contributed by atoms with van der Waals surface area (Å²) in [4.78, 5) is 0. The van der Waals surface area contributed by atoms with Gasteiger partial charge in [0.25, 0.3) is 0 Å². The maximum atomic E-state index is 6.14. The second kappa shape index (κ2) is 9.23. The van der Waals surface area contributed by atoms with Crippen molar-refractivity contribution in [3.63, 3.8) is 0 Å². The van der Waals surface area contributed by atoms with Gasteiger partial charge < -0.3 is 14.2 Å². The molecule has 3 rings (SSSR count). The summed E-state index contributed by atoms with van der Waals surface area (Å²) in [7, 11) is 1.61. The molecular weight excluding hydrogens is 407 g/mol. The average molecular weight is 424 g/mol. The number of benzene rings is 3. The monoisotopic (exact) mass is 422 g/mol. The molecule has 3 aromatic rings. The van der Waals surface area contributed by atoms with Gasteiger partial charge in [-0.1, -0.05) is 34.8 Å². The smallest absolute Gasteiger partial charge is 0.126 e. The Bertz CT molecular complexity index is 911. The molecule has 0 aliphatic heterocycles. The lowest BCUT2D eigenvalue weighted by Crippen LogP contribution is -2.03. The highest BCUT2D eigenvalue weighted by Gasteiger charge is 2.10. The van der Waals surface area contributed by atoms with Crippen LogP contribution in [0.5, 0.6) is 17.2 Å². The third kappa shape index (κ3) is 5.46. The van der Waals surface area contributed by atoms with Crippen LogP contribution in [0.2, 0.25) is 15.1 Å². The van der Waals surface area contributed by atoms with Crippen molar-refractivity contribution in [2.24, 2.45) is 0 Å². The Kier molecular flexibility index (Phi) is 6.73. The van der Waals surface area contributed by atoms with Gasteiger partial charge in [0.1, 0.15) is 30.5 Å². The van der Waals surface area contributed by atoms with E-state index in [1.807, 2.05) is 36.4 Å². The van der Waals surface area contributed by atoms with Crippen molar-refractivity contribution >= 4 is 34.8 Å². The molecule has 0 saturated heterocycles. The number of hydrogen-bond acceptors (Lipinski definition) is 3. The maximum absolute atomic E-state index is 6.14. The molecule has 140 valence electrons. The first-order valence-corrected chi connectivity index (χ1v) is 9.30. The minimum atomic E-state index is 0.305. The first kappa shape index (κ1) is 19.7. The van der Waals surface area contributed by atoms with Crippen LogP contribution in [0.15, 0.2) is 60.7 Å². The van der Waals surface area contributed by atoms with Crippen LogP contribution in [-0.4, -0.2) is 7.11 Å². The summed E-state index contributed by atoms with van der Waals surface area (Å²) in [6, 6.07) is 18.0. The molecule has 3 nitrogen and oxygen atoms in total. The third-order valence-electron chi connectivity index (χ3n) is 3.86. The Labute approximate surface area is 173 Å². The van der Waals surface area contributed by atoms with Gasteiger partial charge in [-0.25, -0.2) is 0 Å². The number of halogens is 3. The Morgan fingerprint density at radius 3 is 1.78 bits per heavy atom. The predicted octanol–water partition coefficient (Wildman–Crippen LogP) is 6.81. The molecule has 0 amide bonds. The number of hydrogen-bond donors (Lipinski definition) is 0. The third-order valence-corrected chi connectivity index (χ3v) is 4.58. The van der Waals surface area contributed by atoms with Crippen molar-refractivity contribution in [3.8, 4) is 17.2 Å². The van der Waals surface area contributed by atoms with Crippen LogP contribution in [0.1, 0.15) is 11.1 Å². The molecule has 0 atom stereocenters. The van der Waals surface area contributed by atoms with E-state index in [1.165, 1.54) is 0 Å². The van der Waals surface area contributed by atoms with Gasteiger partial charge >= 0.3 is 0 Å². The highest BCUT2D eigenvalue weighted by molar-refractivity contribution is 6.31. The molecule has 0 spiro atoms. The molecule has 0 unspecified atom stereocenters. The molecule has 0 bridgehead atoms. The van der Waals surface area contributed by atoms with E-state index in [-0.39, 0.29) is 0 Å². The van der Waals surface area contributed by atoms with Crippen molar-refractivity contribution < 1.29 is 14.2 Å². The van der Waals surface area contributed by atoms with Crippen LogP contribution < -0.4 is 14.2 Å². The maximum Gasteiger partial charge on any atom is 0.126 e. The first-order valence-electron chi connectivity index (χ1n) is 8.17. The number of methoxy groups -OCH3 is 1. The fourth-order valence-corrected chi connectivity index (χ4v) is 3.02. The average Bonchev–Trinajstić information content (AvgIpc) is 2.67. The molecule has 0 N–H and O–H groups in total. The summed E-state index contributed by atoms with van der Waals surface area (Å²) in [5.41, 5.74) is 1.68. The summed E-state index contributed by atoms with van der Waals surface area (Å²) < 4.78 is 17.2.